The normalized spacial score (nSPS) is 12.0. The van der Waals surface area contributed by atoms with Gasteiger partial charge in [0.15, 0.2) is 0 Å². The second-order valence-electron chi connectivity index (χ2n) is 7.70. The van der Waals surface area contributed by atoms with Crippen LogP contribution in [0.25, 0.3) is 0 Å². The molecule has 0 aliphatic carbocycles. The summed E-state index contributed by atoms with van der Waals surface area (Å²) in [5, 5.41) is 3.07. The minimum atomic E-state index is -0.702. The lowest BCUT2D eigenvalue weighted by Crippen LogP contribution is -2.48. The molecule has 0 aliphatic heterocycles. The molecule has 0 bridgehead atoms. The van der Waals surface area contributed by atoms with Crippen LogP contribution in [0.2, 0.25) is 5.02 Å². The van der Waals surface area contributed by atoms with Crippen LogP contribution >= 0.6 is 11.6 Å². The largest absolute Gasteiger partial charge is 0.354 e. The van der Waals surface area contributed by atoms with Crippen molar-refractivity contribution in [2.24, 2.45) is 5.92 Å². The number of carbonyl (C=O) groups is 2. The van der Waals surface area contributed by atoms with E-state index in [0.717, 1.165) is 11.1 Å². The Morgan fingerprint density at radius 3 is 2.45 bits per heavy atom. The van der Waals surface area contributed by atoms with Crippen molar-refractivity contribution in [3.8, 4) is 0 Å². The van der Waals surface area contributed by atoms with Crippen LogP contribution in [-0.4, -0.2) is 29.3 Å². The number of benzene rings is 2. The van der Waals surface area contributed by atoms with Gasteiger partial charge in [0.25, 0.3) is 0 Å². The Balaban J connectivity index is 2.27. The SMILES string of the molecule is Cc1cccc(CN(C(=O)Cc2c(F)cccc2Cl)[C@H](C)C(=O)NCC(C)C)c1. The highest BCUT2D eigenvalue weighted by Crippen LogP contribution is 2.21. The van der Waals surface area contributed by atoms with Crippen LogP contribution in [0.3, 0.4) is 0 Å². The van der Waals surface area contributed by atoms with Gasteiger partial charge in [-0.1, -0.05) is 61.3 Å². The zero-order valence-electron chi connectivity index (χ0n) is 17.3. The number of nitrogens with zero attached hydrogens (tertiary/aromatic N) is 1. The molecule has 0 heterocycles. The molecule has 0 aromatic heterocycles. The van der Waals surface area contributed by atoms with Crippen molar-refractivity contribution in [3.63, 3.8) is 0 Å². The second kappa shape index (κ2) is 10.4. The lowest BCUT2D eigenvalue weighted by atomic mass is 10.1. The van der Waals surface area contributed by atoms with Gasteiger partial charge in [-0.25, -0.2) is 4.39 Å². The molecule has 0 radical (unpaired) electrons. The third-order valence-electron chi connectivity index (χ3n) is 4.68. The number of hydrogen-bond acceptors (Lipinski definition) is 2. The first kappa shape index (κ1) is 22.9. The number of rotatable bonds is 8. The highest BCUT2D eigenvalue weighted by Gasteiger charge is 2.27. The summed E-state index contributed by atoms with van der Waals surface area (Å²) in [6, 6.07) is 11.4. The number of aryl methyl sites for hydroxylation is 1. The molecular weight excluding hydrogens is 391 g/mol. The van der Waals surface area contributed by atoms with Gasteiger partial charge in [0.2, 0.25) is 11.8 Å². The molecule has 2 aromatic rings. The summed E-state index contributed by atoms with van der Waals surface area (Å²) < 4.78 is 14.2. The molecule has 0 spiro atoms. The van der Waals surface area contributed by atoms with E-state index in [4.69, 9.17) is 11.6 Å². The maximum Gasteiger partial charge on any atom is 0.242 e. The van der Waals surface area contributed by atoms with Crippen LogP contribution in [0.4, 0.5) is 4.39 Å². The zero-order valence-corrected chi connectivity index (χ0v) is 18.1. The molecule has 2 rings (SSSR count). The summed E-state index contributed by atoms with van der Waals surface area (Å²) in [5.74, 6) is -0.826. The van der Waals surface area contributed by atoms with Crippen LogP contribution < -0.4 is 5.32 Å². The third kappa shape index (κ3) is 6.57. The van der Waals surface area contributed by atoms with E-state index >= 15 is 0 Å². The van der Waals surface area contributed by atoms with E-state index in [9.17, 15) is 14.0 Å². The fraction of sp³-hybridized carbons (Fsp3) is 0.391. The van der Waals surface area contributed by atoms with Crippen LogP contribution in [-0.2, 0) is 22.6 Å². The Hall–Kier alpha value is -2.40. The topological polar surface area (TPSA) is 49.4 Å². The Labute approximate surface area is 177 Å². The molecule has 0 saturated carbocycles. The lowest BCUT2D eigenvalue weighted by Gasteiger charge is -2.29. The van der Waals surface area contributed by atoms with E-state index in [1.807, 2.05) is 45.0 Å². The summed E-state index contributed by atoms with van der Waals surface area (Å²) in [4.78, 5) is 27.2. The van der Waals surface area contributed by atoms with Gasteiger partial charge in [-0.3, -0.25) is 9.59 Å². The fourth-order valence-corrected chi connectivity index (χ4v) is 3.23. The Morgan fingerprint density at radius 2 is 1.83 bits per heavy atom. The van der Waals surface area contributed by atoms with Gasteiger partial charge in [-0.05, 0) is 37.5 Å². The molecule has 156 valence electrons. The van der Waals surface area contributed by atoms with Gasteiger partial charge in [-0.2, -0.15) is 0 Å². The van der Waals surface area contributed by atoms with Gasteiger partial charge >= 0.3 is 0 Å². The van der Waals surface area contributed by atoms with Crippen molar-refractivity contribution >= 4 is 23.4 Å². The summed E-state index contributed by atoms with van der Waals surface area (Å²) in [5.41, 5.74) is 2.11. The predicted molar refractivity (Wildman–Crippen MR) is 114 cm³/mol. The van der Waals surface area contributed by atoms with Gasteiger partial charge < -0.3 is 10.2 Å². The minimum Gasteiger partial charge on any atom is -0.354 e. The molecule has 0 saturated heterocycles. The average molecular weight is 419 g/mol. The van der Waals surface area contributed by atoms with Crippen molar-refractivity contribution in [1.82, 2.24) is 10.2 Å². The maximum absolute atomic E-state index is 14.2. The van der Waals surface area contributed by atoms with Gasteiger partial charge in [0.05, 0.1) is 6.42 Å². The summed E-state index contributed by atoms with van der Waals surface area (Å²) in [6.07, 6.45) is -0.209. The maximum atomic E-state index is 14.2. The fourth-order valence-electron chi connectivity index (χ4n) is 3.00. The molecule has 29 heavy (non-hydrogen) atoms. The van der Waals surface area contributed by atoms with Gasteiger partial charge in [0, 0.05) is 23.7 Å². The van der Waals surface area contributed by atoms with E-state index in [2.05, 4.69) is 5.32 Å². The van der Waals surface area contributed by atoms with Crippen LogP contribution in [0, 0.1) is 18.7 Å². The predicted octanol–water partition coefficient (Wildman–Crippen LogP) is 4.52. The van der Waals surface area contributed by atoms with Crippen LogP contribution in [0.15, 0.2) is 42.5 Å². The molecule has 1 atom stereocenters. The molecule has 6 heteroatoms. The molecule has 0 fully saturated rings. The molecule has 2 amide bonds. The first-order chi connectivity index (χ1) is 13.7. The van der Waals surface area contributed by atoms with Crippen molar-refractivity contribution in [3.05, 3.63) is 70.0 Å². The number of amides is 2. The smallest absolute Gasteiger partial charge is 0.242 e. The van der Waals surface area contributed by atoms with Crippen molar-refractivity contribution < 1.29 is 14.0 Å². The highest BCUT2D eigenvalue weighted by molar-refractivity contribution is 6.31. The van der Waals surface area contributed by atoms with E-state index in [-0.39, 0.29) is 35.4 Å². The second-order valence-corrected chi connectivity index (χ2v) is 8.11. The number of carbonyl (C=O) groups excluding carboxylic acids is 2. The average Bonchev–Trinajstić information content (AvgIpc) is 2.66. The van der Waals surface area contributed by atoms with E-state index in [1.165, 1.54) is 17.0 Å². The Morgan fingerprint density at radius 1 is 1.14 bits per heavy atom. The molecule has 2 aromatic carbocycles. The van der Waals surface area contributed by atoms with E-state index in [1.54, 1.807) is 13.0 Å². The lowest BCUT2D eigenvalue weighted by molar-refractivity contribution is -0.140. The van der Waals surface area contributed by atoms with Crippen molar-refractivity contribution in [2.75, 3.05) is 6.54 Å². The number of hydrogen-bond donors (Lipinski definition) is 1. The zero-order chi connectivity index (χ0) is 21.6. The van der Waals surface area contributed by atoms with Crippen molar-refractivity contribution in [2.45, 2.75) is 46.7 Å². The van der Waals surface area contributed by atoms with Crippen molar-refractivity contribution in [1.29, 1.82) is 0 Å². The molecule has 1 N–H and O–H groups in total. The molecule has 4 nitrogen and oxygen atoms in total. The first-order valence-corrected chi connectivity index (χ1v) is 10.1. The minimum absolute atomic E-state index is 0.142. The quantitative estimate of drug-likeness (QED) is 0.685. The van der Waals surface area contributed by atoms with E-state index in [0.29, 0.717) is 12.5 Å². The monoisotopic (exact) mass is 418 g/mol. The molecular formula is C23H28ClFN2O2. The Kier molecular flexibility index (Phi) is 8.21. The van der Waals surface area contributed by atoms with Gasteiger partial charge in [0.1, 0.15) is 11.9 Å². The van der Waals surface area contributed by atoms with Gasteiger partial charge in [-0.15, -0.1) is 0 Å². The third-order valence-corrected chi connectivity index (χ3v) is 5.03. The number of nitrogens with one attached hydrogen (secondary N) is 1. The summed E-state index contributed by atoms with van der Waals surface area (Å²) >= 11 is 6.10. The Bertz CT molecular complexity index is 849. The highest BCUT2D eigenvalue weighted by atomic mass is 35.5. The standard InChI is InChI=1S/C23H28ClFN2O2/c1-15(2)13-26-23(29)17(4)27(14-18-8-5-7-16(3)11-18)22(28)12-19-20(24)9-6-10-21(19)25/h5-11,15,17H,12-14H2,1-4H3,(H,26,29)/t17-/m1/s1. The van der Waals surface area contributed by atoms with Crippen LogP contribution in [0.5, 0.6) is 0 Å². The summed E-state index contributed by atoms with van der Waals surface area (Å²) in [6.45, 7) is 8.43. The molecule has 0 aliphatic rings. The number of halogens is 2. The molecule has 0 unspecified atom stereocenters. The van der Waals surface area contributed by atoms with E-state index < -0.39 is 11.9 Å². The van der Waals surface area contributed by atoms with Crippen LogP contribution in [0.1, 0.15) is 37.5 Å². The summed E-state index contributed by atoms with van der Waals surface area (Å²) in [7, 11) is 0. The first-order valence-electron chi connectivity index (χ1n) is 9.74.